The molecule has 0 bridgehead atoms. The minimum atomic E-state index is -1.02. The predicted octanol–water partition coefficient (Wildman–Crippen LogP) is 4.44. The number of carbonyl (C=O) groups is 2. The van der Waals surface area contributed by atoms with Crippen LogP contribution in [0.4, 0.5) is 10.5 Å². The van der Waals surface area contributed by atoms with Gasteiger partial charge in [-0.2, -0.15) is 0 Å². The van der Waals surface area contributed by atoms with E-state index in [0.717, 1.165) is 11.1 Å². The van der Waals surface area contributed by atoms with Crippen LogP contribution in [0.1, 0.15) is 57.8 Å². The fourth-order valence-corrected chi connectivity index (χ4v) is 5.19. The number of aliphatic hydroxyl groups excluding tert-OH is 1. The fourth-order valence-electron chi connectivity index (χ4n) is 5.19. The molecule has 1 aliphatic heterocycles. The molecule has 34 heavy (non-hydrogen) atoms. The molecule has 0 saturated carbocycles. The number of likely N-dealkylation sites (N-methyl/N-ethyl adjacent to an activating group) is 1. The number of hydrogen-bond acceptors (Lipinski definition) is 4. The Hall–Kier alpha value is -2.90. The fraction of sp³-hybridized carbons (Fsp3) is 0.481. The maximum atomic E-state index is 12.6. The van der Waals surface area contributed by atoms with E-state index in [2.05, 4.69) is 10.6 Å². The summed E-state index contributed by atoms with van der Waals surface area (Å²) in [6, 6.07) is 16.3. The number of hydrogen-bond donors (Lipinski definition) is 4. The zero-order chi connectivity index (χ0) is 25.1. The Morgan fingerprint density at radius 2 is 1.74 bits per heavy atom. The quantitative estimate of drug-likeness (QED) is 0.482. The zero-order valence-corrected chi connectivity index (χ0v) is 20.7. The van der Waals surface area contributed by atoms with Crippen LogP contribution in [0, 0.1) is 5.41 Å². The average Bonchev–Trinajstić information content (AvgIpc) is 3.20. The van der Waals surface area contributed by atoms with Gasteiger partial charge in [-0.25, -0.2) is 4.79 Å². The van der Waals surface area contributed by atoms with Crippen molar-refractivity contribution < 1.29 is 19.8 Å². The first-order valence-electron chi connectivity index (χ1n) is 11.8. The Balaban J connectivity index is 1.86. The number of carbonyl (C=O) groups excluding carboxylic acids is 1. The van der Waals surface area contributed by atoms with Crippen LogP contribution in [0.25, 0.3) is 0 Å². The molecule has 2 aromatic rings. The van der Waals surface area contributed by atoms with Crippen molar-refractivity contribution in [3.8, 4) is 0 Å². The summed E-state index contributed by atoms with van der Waals surface area (Å²) in [6.07, 6.45) is -0.197. The summed E-state index contributed by atoms with van der Waals surface area (Å²) in [6.45, 7) is 7.79. The molecule has 4 atom stereocenters. The van der Waals surface area contributed by atoms with Crippen molar-refractivity contribution in [1.29, 1.82) is 0 Å². The van der Waals surface area contributed by atoms with Gasteiger partial charge in [-0.3, -0.25) is 9.69 Å². The summed E-state index contributed by atoms with van der Waals surface area (Å²) in [4.78, 5) is 26.2. The van der Waals surface area contributed by atoms with Crippen LogP contribution >= 0.6 is 0 Å². The van der Waals surface area contributed by atoms with E-state index in [1.165, 1.54) is 4.90 Å². The Morgan fingerprint density at radius 1 is 1.12 bits per heavy atom. The molecule has 0 unspecified atom stereocenters. The smallest absolute Gasteiger partial charge is 0.408 e. The predicted molar refractivity (Wildman–Crippen MR) is 134 cm³/mol. The topological polar surface area (TPSA) is 102 Å². The molecule has 2 amide bonds. The van der Waals surface area contributed by atoms with Gasteiger partial charge in [0, 0.05) is 11.7 Å². The maximum Gasteiger partial charge on any atom is 0.408 e. The number of anilines is 1. The highest BCUT2D eigenvalue weighted by Crippen LogP contribution is 2.53. The second-order valence-corrected chi connectivity index (χ2v) is 10.2. The average molecular weight is 468 g/mol. The van der Waals surface area contributed by atoms with Gasteiger partial charge in [0.15, 0.2) is 0 Å². The van der Waals surface area contributed by atoms with Gasteiger partial charge >= 0.3 is 6.09 Å². The van der Waals surface area contributed by atoms with E-state index in [1.54, 1.807) is 14.0 Å². The molecule has 1 aliphatic rings. The Labute approximate surface area is 202 Å². The van der Waals surface area contributed by atoms with Crippen LogP contribution < -0.4 is 10.6 Å². The SMILES string of the molecule is CN[C@@H](C)C(=O)Nc1ccc(C[C@@H]2CC[C@]([C@H](O)c3ccccc3)(C(C)(C)C)N2C(=O)O)cc1. The summed E-state index contributed by atoms with van der Waals surface area (Å²) in [5, 5.41) is 27.7. The van der Waals surface area contributed by atoms with Crippen LogP contribution in [0.5, 0.6) is 0 Å². The van der Waals surface area contributed by atoms with Gasteiger partial charge in [-0.15, -0.1) is 0 Å². The van der Waals surface area contributed by atoms with E-state index >= 15 is 0 Å². The molecule has 0 aliphatic carbocycles. The first-order chi connectivity index (χ1) is 16.0. The van der Waals surface area contributed by atoms with Crippen molar-refractivity contribution in [2.24, 2.45) is 5.41 Å². The normalized spacial score (nSPS) is 22.3. The molecule has 1 heterocycles. The van der Waals surface area contributed by atoms with Crippen molar-refractivity contribution in [1.82, 2.24) is 10.2 Å². The van der Waals surface area contributed by atoms with Crippen LogP contribution in [0.2, 0.25) is 0 Å². The van der Waals surface area contributed by atoms with Crippen molar-refractivity contribution >= 4 is 17.7 Å². The molecular formula is C27H37N3O4. The van der Waals surface area contributed by atoms with E-state index in [4.69, 9.17) is 0 Å². The van der Waals surface area contributed by atoms with Crippen LogP contribution in [0.15, 0.2) is 54.6 Å². The van der Waals surface area contributed by atoms with Crippen molar-refractivity contribution in [2.75, 3.05) is 12.4 Å². The van der Waals surface area contributed by atoms with Gasteiger partial charge in [0.05, 0.1) is 11.6 Å². The van der Waals surface area contributed by atoms with Crippen LogP contribution in [-0.4, -0.2) is 51.8 Å². The summed E-state index contributed by atoms with van der Waals surface area (Å²) < 4.78 is 0. The second-order valence-electron chi connectivity index (χ2n) is 10.2. The molecule has 1 fully saturated rings. The zero-order valence-electron chi connectivity index (χ0n) is 20.7. The van der Waals surface area contributed by atoms with Gasteiger partial charge in [-0.1, -0.05) is 63.2 Å². The van der Waals surface area contributed by atoms with Crippen molar-refractivity contribution in [3.05, 3.63) is 65.7 Å². The summed E-state index contributed by atoms with van der Waals surface area (Å²) in [5.74, 6) is -0.118. The van der Waals surface area contributed by atoms with Gasteiger partial charge in [-0.05, 0) is 61.9 Å². The highest BCUT2D eigenvalue weighted by atomic mass is 16.4. The molecule has 1 saturated heterocycles. The van der Waals surface area contributed by atoms with Crippen molar-refractivity contribution in [3.63, 3.8) is 0 Å². The standard InChI is InChI=1S/C27H37N3O4/c1-18(28-5)24(32)29-21-13-11-19(12-14-21)17-22-15-16-27(26(2,3)4,30(22)25(33)34)23(31)20-9-7-6-8-10-20/h6-14,18,22-23,28,31H,15-17H2,1-5H3,(H,29,32)(H,33,34)/t18-,22-,23+,27-/m0/s1. The lowest BCUT2D eigenvalue weighted by atomic mass is 9.67. The number of rotatable bonds is 7. The van der Waals surface area contributed by atoms with E-state index < -0.39 is 23.2 Å². The highest BCUT2D eigenvalue weighted by Gasteiger charge is 2.59. The van der Waals surface area contributed by atoms with Crippen LogP contribution in [0.3, 0.4) is 0 Å². The molecule has 0 spiro atoms. The largest absolute Gasteiger partial charge is 0.465 e. The lowest BCUT2D eigenvalue weighted by Crippen LogP contribution is -2.61. The molecular weight excluding hydrogens is 430 g/mol. The summed E-state index contributed by atoms with van der Waals surface area (Å²) in [5.41, 5.74) is 0.950. The lowest BCUT2D eigenvalue weighted by Gasteiger charge is -2.51. The Bertz CT molecular complexity index is 987. The van der Waals surface area contributed by atoms with E-state index in [-0.39, 0.29) is 18.0 Å². The monoisotopic (exact) mass is 467 g/mol. The van der Waals surface area contributed by atoms with E-state index in [1.807, 2.05) is 75.4 Å². The lowest BCUT2D eigenvalue weighted by molar-refractivity contribution is -0.117. The maximum absolute atomic E-state index is 12.6. The van der Waals surface area contributed by atoms with Gasteiger partial charge in [0.1, 0.15) is 6.10 Å². The summed E-state index contributed by atoms with van der Waals surface area (Å²) >= 11 is 0. The molecule has 184 valence electrons. The third-order valence-corrected chi connectivity index (χ3v) is 7.25. The van der Waals surface area contributed by atoms with Gasteiger partial charge in [0.25, 0.3) is 0 Å². The number of carboxylic acid groups (broad SMARTS) is 1. The third-order valence-electron chi connectivity index (χ3n) is 7.25. The number of benzene rings is 2. The number of likely N-dealkylation sites (tertiary alicyclic amines) is 1. The molecule has 4 N–H and O–H groups in total. The van der Waals surface area contributed by atoms with Gasteiger partial charge < -0.3 is 20.8 Å². The highest BCUT2D eigenvalue weighted by molar-refractivity contribution is 5.94. The molecule has 7 nitrogen and oxygen atoms in total. The first-order valence-corrected chi connectivity index (χ1v) is 11.8. The minimum Gasteiger partial charge on any atom is -0.465 e. The van der Waals surface area contributed by atoms with E-state index in [9.17, 15) is 19.8 Å². The van der Waals surface area contributed by atoms with E-state index in [0.29, 0.717) is 24.9 Å². The molecule has 0 radical (unpaired) electrons. The second kappa shape index (κ2) is 10.2. The summed E-state index contributed by atoms with van der Waals surface area (Å²) in [7, 11) is 1.73. The van der Waals surface area contributed by atoms with Gasteiger partial charge in [0.2, 0.25) is 5.91 Å². The Kier molecular flexibility index (Phi) is 7.68. The molecule has 2 aromatic carbocycles. The van der Waals surface area contributed by atoms with Crippen molar-refractivity contribution in [2.45, 2.75) is 70.7 Å². The van der Waals surface area contributed by atoms with Crippen LogP contribution in [-0.2, 0) is 11.2 Å². The molecule has 7 heteroatoms. The number of aliphatic hydroxyl groups is 1. The molecule has 3 rings (SSSR count). The number of nitrogens with zero attached hydrogens (tertiary/aromatic N) is 1. The minimum absolute atomic E-state index is 0.118. The number of amides is 2. The first kappa shape index (κ1) is 25.7. The Morgan fingerprint density at radius 3 is 2.26 bits per heavy atom. The number of nitrogens with one attached hydrogen (secondary N) is 2. The third kappa shape index (κ3) is 4.95. The molecule has 0 aromatic heterocycles.